The van der Waals surface area contributed by atoms with Gasteiger partial charge in [-0.15, -0.1) is 0 Å². The number of rotatable bonds is 16. The van der Waals surface area contributed by atoms with Gasteiger partial charge in [0.05, 0.1) is 0 Å². The topological polar surface area (TPSA) is 17.1 Å². The first-order valence-corrected chi connectivity index (χ1v) is 8.85. The predicted octanol–water partition coefficient (Wildman–Crippen LogP) is 6.29. The van der Waals surface area contributed by atoms with Gasteiger partial charge in [0.25, 0.3) is 0 Å². The Labute approximate surface area is 160 Å². The Hall–Kier alpha value is 0.930. The van der Waals surface area contributed by atoms with Crippen LogP contribution in [-0.2, 0) is 4.79 Å². The largest absolute Gasteiger partial charge is 2.00 e. The zero-order chi connectivity index (χ0) is 14.0. The molecule has 0 aliphatic rings. The molecule has 0 rings (SSSR count). The van der Waals surface area contributed by atoms with Gasteiger partial charge in [0.2, 0.25) is 0 Å². The van der Waals surface area contributed by atoms with Gasteiger partial charge < -0.3 is 7.65 Å². The summed E-state index contributed by atoms with van der Waals surface area (Å²) in [6.07, 6.45) is 22.6. The first-order chi connectivity index (χ1) is 9.41. The van der Waals surface area contributed by atoms with Gasteiger partial charge in [0.15, 0.2) is 0 Å². The minimum atomic E-state index is 0. The zero-order valence-corrected chi connectivity index (χ0v) is 16.2. The van der Waals surface area contributed by atoms with Crippen LogP contribution in [0, 0.1) is 0 Å². The van der Waals surface area contributed by atoms with Crippen molar-refractivity contribution in [1.82, 2.24) is 0 Å². The first kappa shape index (κ1) is 23.2. The van der Waals surface area contributed by atoms with Crippen LogP contribution in [0.1, 0.15) is 113 Å². The second kappa shape index (κ2) is 22.2. The van der Waals surface area contributed by atoms with Crippen LogP contribution in [-0.4, -0.2) is 44.0 Å². The fraction of sp³-hybridized carbons (Fsp3) is 0.944. The molecule has 1 nitrogen and oxygen atoms in total. The van der Waals surface area contributed by atoms with Crippen LogP contribution < -0.4 is 0 Å². The van der Waals surface area contributed by atoms with Crippen LogP contribution >= 0.6 is 0 Å². The molecule has 0 fully saturated rings. The van der Waals surface area contributed by atoms with Crippen LogP contribution in [0.15, 0.2) is 0 Å². The monoisotopic (exact) mass is 310 g/mol. The Morgan fingerprint density at radius 3 is 1.20 bits per heavy atom. The molecule has 118 valence electrons. The standard InChI is InChI=1S/C18H36O.Ca.2H/c1-2-3-4-5-6-7-8-9-10-11-12-13-14-15-16-17-18-19;;;/h18H,2-17H2,1H3;;;/q;+2;2*-1. The summed E-state index contributed by atoms with van der Waals surface area (Å²) in [5.74, 6) is 0. The Morgan fingerprint density at radius 2 is 0.900 bits per heavy atom. The van der Waals surface area contributed by atoms with Gasteiger partial charge in [-0.05, 0) is 6.42 Å². The summed E-state index contributed by atoms with van der Waals surface area (Å²) in [5, 5.41) is 0. The Bertz CT molecular complexity index is 180. The van der Waals surface area contributed by atoms with Crippen LogP contribution in [0.25, 0.3) is 0 Å². The molecular formula is C18H38CaO. The van der Waals surface area contributed by atoms with Gasteiger partial charge in [-0.25, -0.2) is 0 Å². The third kappa shape index (κ3) is 21.2. The average molecular weight is 311 g/mol. The fourth-order valence-electron chi connectivity index (χ4n) is 2.60. The van der Waals surface area contributed by atoms with Gasteiger partial charge in [-0.1, -0.05) is 96.8 Å². The number of unbranched alkanes of at least 4 members (excludes halogenated alkanes) is 15. The molecule has 0 spiro atoms. The normalized spacial score (nSPS) is 10.2. The second-order valence-corrected chi connectivity index (χ2v) is 5.91. The average Bonchev–Trinajstić information content (AvgIpc) is 2.43. The van der Waals surface area contributed by atoms with E-state index in [1.807, 2.05) is 0 Å². The van der Waals surface area contributed by atoms with Gasteiger partial charge in [0, 0.05) is 6.42 Å². The van der Waals surface area contributed by atoms with Crippen LogP contribution in [0.5, 0.6) is 0 Å². The number of hydrogen-bond acceptors (Lipinski definition) is 1. The summed E-state index contributed by atoms with van der Waals surface area (Å²) in [6, 6.07) is 0. The molecule has 0 heterocycles. The van der Waals surface area contributed by atoms with Gasteiger partial charge in [-0.2, -0.15) is 0 Å². The summed E-state index contributed by atoms with van der Waals surface area (Å²) in [7, 11) is 0. The third-order valence-electron chi connectivity index (χ3n) is 3.93. The van der Waals surface area contributed by atoms with E-state index in [0.717, 1.165) is 19.1 Å². The summed E-state index contributed by atoms with van der Waals surface area (Å²) in [5.41, 5.74) is 0. The maximum absolute atomic E-state index is 10.1. The maximum Gasteiger partial charge on any atom is 2.00 e. The molecule has 0 radical (unpaired) electrons. The smallest absolute Gasteiger partial charge is 1.00 e. The molecule has 0 amide bonds. The Morgan fingerprint density at radius 1 is 0.600 bits per heavy atom. The van der Waals surface area contributed by atoms with Crippen molar-refractivity contribution >= 4 is 44.0 Å². The van der Waals surface area contributed by atoms with Gasteiger partial charge >= 0.3 is 37.7 Å². The number of carbonyl (C=O) groups is 1. The van der Waals surface area contributed by atoms with Crippen molar-refractivity contribution in [3.05, 3.63) is 0 Å². The maximum atomic E-state index is 10.1. The van der Waals surface area contributed by atoms with Crippen LogP contribution in [0.3, 0.4) is 0 Å². The molecular weight excluding hydrogens is 272 g/mol. The molecule has 0 atom stereocenters. The van der Waals surface area contributed by atoms with E-state index in [2.05, 4.69) is 6.92 Å². The number of hydrogen-bond donors (Lipinski definition) is 0. The summed E-state index contributed by atoms with van der Waals surface area (Å²) in [4.78, 5) is 10.1. The second-order valence-electron chi connectivity index (χ2n) is 5.91. The van der Waals surface area contributed by atoms with E-state index in [1.54, 1.807) is 0 Å². The van der Waals surface area contributed by atoms with Gasteiger partial charge in [0.1, 0.15) is 6.29 Å². The SMILES string of the molecule is CCCCCCCCCCCCCCCCCC=O.[Ca+2].[H-].[H-]. The molecule has 0 aliphatic carbocycles. The molecule has 20 heavy (non-hydrogen) atoms. The van der Waals surface area contributed by atoms with Crippen molar-refractivity contribution in [2.45, 2.75) is 110 Å². The number of aldehydes is 1. The third-order valence-corrected chi connectivity index (χ3v) is 3.93. The fourth-order valence-corrected chi connectivity index (χ4v) is 2.60. The quantitative estimate of drug-likeness (QED) is 0.186. The molecule has 0 aromatic rings. The Balaban J connectivity index is -0.000000540. The van der Waals surface area contributed by atoms with Crippen molar-refractivity contribution in [2.75, 3.05) is 0 Å². The molecule has 2 heteroatoms. The molecule has 0 N–H and O–H groups in total. The van der Waals surface area contributed by atoms with E-state index < -0.39 is 0 Å². The van der Waals surface area contributed by atoms with Crippen molar-refractivity contribution in [3.63, 3.8) is 0 Å². The van der Waals surface area contributed by atoms with Crippen LogP contribution in [0.2, 0.25) is 0 Å². The van der Waals surface area contributed by atoms with E-state index >= 15 is 0 Å². The van der Waals surface area contributed by atoms with Crippen LogP contribution in [0.4, 0.5) is 0 Å². The van der Waals surface area contributed by atoms with E-state index in [9.17, 15) is 4.79 Å². The summed E-state index contributed by atoms with van der Waals surface area (Å²) in [6.45, 7) is 2.28. The minimum absolute atomic E-state index is 0. The molecule has 0 saturated carbocycles. The van der Waals surface area contributed by atoms with E-state index in [4.69, 9.17) is 0 Å². The summed E-state index contributed by atoms with van der Waals surface area (Å²) < 4.78 is 0. The molecule has 0 aromatic carbocycles. The predicted molar refractivity (Wildman–Crippen MR) is 93.6 cm³/mol. The Kier molecular flexibility index (Phi) is 25.8. The molecule has 0 saturated heterocycles. The zero-order valence-electron chi connectivity index (χ0n) is 16.0. The van der Waals surface area contributed by atoms with E-state index in [0.29, 0.717) is 0 Å². The number of carbonyl (C=O) groups excluding carboxylic acids is 1. The molecule has 0 bridgehead atoms. The first-order valence-electron chi connectivity index (χ1n) is 8.85. The van der Waals surface area contributed by atoms with E-state index in [-0.39, 0.29) is 40.6 Å². The van der Waals surface area contributed by atoms with Crippen molar-refractivity contribution in [2.24, 2.45) is 0 Å². The van der Waals surface area contributed by atoms with Crippen molar-refractivity contribution in [3.8, 4) is 0 Å². The minimum Gasteiger partial charge on any atom is -1.00 e. The van der Waals surface area contributed by atoms with Gasteiger partial charge in [-0.3, -0.25) is 0 Å². The van der Waals surface area contributed by atoms with Crippen molar-refractivity contribution in [1.29, 1.82) is 0 Å². The molecule has 0 aromatic heterocycles. The van der Waals surface area contributed by atoms with Crippen molar-refractivity contribution < 1.29 is 7.65 Å². The summed E-state index contributed by atoms with van der Waals surface area (Å²) >= 11 is 0. The van der Waals surface area contributed by atoms with E-state index in [1.165, 1.54) is 89.9 Å². The molecule has 0 unspecified atom stereocenters. The molecule has 0 aliphatic heterocycles.